The summed E-state index contributed by atoms with van der Waals surface area (Å²) in [7, 11) is 0. The van der Waals surface area contributed by atoms with E-state index < -0.39 is 6.10 Å². The Morgan fingerprint density at radius 1 is 1.04 bits per heavy atom. The van der Waals surface area contributed by atoms with Crippen molar-refractivity contribution in [3.05, 3.63) is 60.2 Å². The summed E-state index contributed by atoms with van der Waals surface area (Å²) in [6.07, 6.45) is 0.0200. The van der Waals surface area contributed by atoms with Crippen molar-refractivity contribution in [2.75, 3.05) is 11.1 Å². The van der Waals surface area contributed by atoms with E-state index in [9.17, 15) is 5.11 Å². The fourth-order valence-corrected chi connectivity index (χ4v) is 2.50. The molecule has 5 nitrogen and oxygen atoms in total. The summed E-state index contributed by atoms with van der Waals surface area (Å²) in [5.41, 5.74) is 7.85. The van der Waals surface area contributed by atoms with E-state index in [0.717, 1.165) is 16.5 Å². The van der Waals surface area contributed by atoms with Gasteiger partial charge in [-0.2, -0.15) is 4.98 Å². The van der Waals surface area contributed by atoms with Crippen LogP contribution in [-0.4, -0.2) is 27.2 Å². The van der Waals surface area contributed by atoms with Gasteiger partial charge in [0.25, 0.3) is 0 Å². The van der Waals surface area contributed by atoms with Crippen molar-refractivity contribution in [3.8, 4) is 0 Å². The van der Waals surface area contributed by atoms with E-state index in [4.69, 9.17) is 5.73 Å². The number of benzene rings is 2. The first kappa shape index (κ1) is 15.2. The summed E-state index contributed by atoms with van der Waals surface area (Å²) < 4.78 is 0. The van der Waals surface area contributed by atoms with Crippen molar-refractivity contribution < 1.29 is 5.11 Å². The smallest absolute Gasteiger partial charge is 0.225 e. The third-order valence-electron chi connectivity index (χ3n) is 3.85. The summed E-state index contributed by atoms with van der Waals surface area (Å²) in [6.45, 7) is 1.91. The van der Waals surface area contributed by atoms with Crippen LogP contribution in [0.4, 0.5) is 11.8 Å². The first-order chi connectivity index (χ1) is 11.1. The van der Waals surface area contributed by atoms with Gasteiger partial charge in [0.2, 0.25) is 5.95 Å². The van der Waals surface area contributed by atoms with E-state index in [2.05, 4.69) is 15.3 Å². The van der Waals surface area contributed by atoms with Crippen LogP contribution >= 0.6 is 0 Å². The van der Waals surface area contributed by atoms with Crippen molar-refractivity contribution in [3.63, 3.8) is 0 Å². The molecular formula is C18H20N4O. The number of hydrogen-bond donors (Lipinski definition) is 3. The molecule has 23 heavy (non-hydrogen) atoms. The van der Waals surface area contributed by atoms with Crippen molar-refractivity contribution in [2.45, 2.75) is 25.5 Å². The zero-order valence-corrected chi connectivity index (χ0v) is 13.0. The third-order valence-corrected chi connectivity index (χ3v) is 3.85. The largest absolute Gasteiger partial charge is 0.391 e. The van der Waals surface area contributed by atoms with Crippen molar-refractivity contribution in [1.29, 1.82) is 0 Å². The van der Waals surface area contributed by atoms with Crippen LogP contribution in [0.5, 0.6) is 0 Å². The van der Waals surface area contributed by atoms with Crippen LogP contribution in [0.25, 0.3) is 10.9 Å². The highest BCUT2D eigenvalue weighted by molar-refractivity contribution is 5.88. The van der Waals surface area contributed by atoms with Gasteiger partial charge in [-0.25, -0.2) is 4.98 Å². The van der Waals surface area contributed by atoms with Crippen LogP contribution in [0.3, 0.4) is 0 Å². The lowest BCUT2D eigenvalue weighted by Gasteiger charge is -2.20. The molecule has 5 heteroatoms. The van der Waals surface area contributed by atoms with Crippen molar-refractivity contribution in [1.82, 2.24) is 9.97 Å². The molecule has 118 valence electrons. The third kappa shape index (κ3) is 3.57. The lowest BCUT2D eigenvalue weighted by Crippen LogP contribution is -2.33. The zero-order valence-electron chi connectivity index (χ0n) is 13.0. The van der Waals surface area contributed by atoms with Gasteiger partial charge >= 0.3 is 0 Å². The van der Waals surface area contributed by atoms with E-state index in [1.807, 2.05) is 61.5 Å². The number of anilines is 2. The Kier molecular flexibility index (Phi) is 4.39. The van der Waals surface area contributed by atoms with Crippen LogP contribution in [0.15, 0.2) is 54.6 Å². The van der Waals surface area contributed by atoms with E-state index in [-0.39, 0.29) is 6.04 Å². The Labute approximate surface area is 135 Å². The maximum atomic E-state index is 10.4. The fraction of sp³-hybridized carbons (Fsp3) is 0.222. The minimum absolute atomic E-state index is 0.198. The number of nitrogens with one attached hydrogen (secondary N) is 1. The predicted octanol–water partition coefficient (Wildman–Crippen LogP) is 2.62. The fourth-order valence-electron chi connectivity index (χ4n) is 2.50. The molecular weight excluding hydrogens is 288 g/mol. The number of nitrogens with two attached hydrogens (primary N) is 1. The second-order valence-electron chi connectivity index (χ2n) is 5.64. The molecule has 2 atom stereocenters. The molecule has 1 heterocycles. The summed E-state index contributed by atoms with van der Waals surface area (Å²) in [5, 5.41) is 14.3. The summed E-state index contributed by atoms with van der Waals surface area (Å²) in [5.74, 6) is 0.865. The van der Waals surface area contributed by atoms with Crippen LogP contribution in [0.2, 0.25) is 0 Å². The average molecular weight is 308 g/mol. The second-order valence-corrected chi connectivity index (χ2v) is 5.64. The number of fused-ring (bicyclic) bond motifs is 1. The molecule has 0 aliphatic heterocycles. The molecule has 0 bridgehead atoms. The lowest BCUT2D eigenvalue weighted by molar-refractivity contribution is 0.158. The molecule has 2 aromatic carbocycles. The minimum Gasteiger partial charge on any atom is -0.391 e. The molecule has 0 saturated carbocycles. The Balaban J connectivity index is 1.73. The molecule has 0 fully saturated rings. The highest BCUT2D eigenvalue weighted by atomic mass is 16.3. The Hall–Kier alpha value is -2.66. The first-order valence-electron chi connectivity index (χ1n) is 7.64. The zero-order chi connectivity index (χ0) is 16.2. The number of aromatic nitrogens is 2. The molecule has 0 aliphatic rings. The van der Waals surface area contributed by atoms with Gasteiger partial charge in [0.05, 0.1) is 17.7 Å². The second kappa shape index (κ2) is 6.62. The van der Waals surface area contributed by atoms with Crippen molar-refractivity contribution >= 4 is 22.7 Å². The van der Waals surface area contributed by atoms with Gasteiger partial charge in [0.15, 0.2) is 0 Å². The maximum absolute atomic E-state index is 10.4. The number of para-hydroxylation sites is 1. The SMILES string of the molecule is C[C@@H](Nc1nc(N)c2ccccc2n1)[C@@H](O)Cc1ccccc1. The Morgan fingerprint density at radius 2 is 1.74 bits per heavy atom. The standard InChI is InChI=1S/C18H20N4O/c1-12(16(23)11-13-7-3-2-4-8-13)20-18-21-15-10-6-5-9-14(15)17(19)22-18/h2-10,12,16,23H,11H2,1H3,(H3,19,20,21,22)/t12-,16+/m1/s1. The van der Waals surface area contributed by atoms with Crippen molar-refractivity contribution in [2.24, 2.45) is 0 Å². The van der Waals surface area contributed by atoms with Gasteiger partial charge in [-0.05, 0) is 24.6 Å². The molecule has 1 aromatic heterocycles. The van der Waals surface area contributed by atoms with E-state index in [1.54, 1.807) is 0 Å². The van der Waals surface area contributed by atoms with Crippen LogP contribution in [-0.2, 0) is 6.42 Å². The Morgan fingerprint density at radius 3 is 2.52 bits per heavy atom. The van der Waals surface area contributed by atoms with Crippen LogP contribution in [0.1, 0.15) is 12.5 Å². The van der Waals surface area contributed by atoms with Gasteiger partial charge in [0, 0.05) is 11.8 Å². The number of aliphatic hydroxyl groups excluding tert-OH is 1. The van der Waals surface area contributed by atoms with Gasteiger partial charge in [-0.3, -0.25) is 0 Å². The normalized spacial score (nSPS) is 13.7. The van der Waals surface area contributed by atoms with Gasteiger partial charge in [-0.1, -0.05) is 42.5 Å². The number of nitrogens with zero attached hydrogens (tertiary/aromatic N) is 2. The predicted molar refractivity (Wildman–Crippen MR) is 93.2 cm³/mol. The molecule has 0 amide bonds. The topological polar surface area (TPSA) is 84.1 Å². The molecule has 0 radical (unpaired) electrons. The molecule has 0 spiro atoms. The molecule has 0 unspecified atom stereocenters. The molecule has 3 rings (SSSR count). The van der Waals surface area contributed by atoms with Crippen LogP contribution < -0.4 is 11.1 Å². The number of nitrogen functional groups attached to an aromatic ring is 1. The van der Waals surface area contributed by atoms with Gasteiger partial charge < -0.3 is 16.2 Å². The Bertz CT molecular complexity index is 791. The molecule has 4 N–H and O–H groups in total. The number of aliphatic hydroxyl groups is 1. The highest BCUT2D eigenvalue weighted by Gasteiger charge is 2.16. The maximum Gasteiger partial charge on any atom is 0.225 e. The first-order valence-corrected chi connectivity index (χ1v) is 7.64. The van der Waals surface area contributed by atoms with E-state index in [0.29, 0.717) is 18.2 Å². The number of rotatable bonds is 5. The summed E-state index contributed by atoms with van der Waals surface area (Å²) in [6, 6.07) is 17.3. The van der Waals surface area contributed by atoms with Gasteiger partial charge in [0.1, 0.15) is 5.82 Å². The van der Waals surface area contributed by atoms with E-state index in [1.165, 1.54) is 0 Å². The van der Waals surface area contributed by atoms with Crippen LogP contribution in [0, 0.1) is 0 Å². The quantitative estimate of drug-likeness (QED) is 0.675. The van der Waals surface area contributed by atoms with Gasteiger partial charge in [-0.15, -0.1) is 0 Å². The highest BCUT2D eigenvalue weighted by Crippen LogP contribution is 2.19. The molecule has 3 aromatic rings. The average Bonchev–Trinajstić information content (AvgIpc) is 2.56. The number of hydrogen-bond acceptors (Lipinski definition) is 5. The minimum atomic E-state index is -0.548. The summed E-state index contributed by atoms with van der Waals surface area (Å²) >= 11 is 0. The lowest BCUT2D eigenvalue weighted by atomic mass is 10.0. The van der Waals surface area contributed by atoms with E-state index >= 15 is 0 Å². The molecule has 0 saturated heterocycles. The summed E-state index contributed by atoms with van der Waals surface area (Å²) in [4.78, 5) is 8.73. The molecule has 0 aliphatic carbocycles. The monoisotopic (exact) mass is 308 g/mol.